The second-order valence-corrected chi connectivity index (χ2v) is 4.20. The minimum atomic E-state index is -0.985. The highest BCUT2D eigenvalue weighted by Crippen LogP contribution is 2.27. The summed E-state index contributed by atoms with van der Waals surface area (Å²) in [7, 11) is 1.55. The van der Waals surface area contributed by atoms with Crippen LogP contribution in [0, 0.1) is 12.7 Å². The van der Waals surface area contributed by atoms with Gasteiger partial charge in [-0.1, -0.05) is 24.3 Å². The van der Waals surface area contributed by atoms with Gasteiger partial charge in [-0.2, -0.15) is 0 Å². The van der Waals surface area contributed by atoms with Crippen LogP contribution in [0.5, 0.6) is 5.75 Å². The molecule has 0 radical (unpaired) electrons. The number of methoxy groups -OCH3 is 1. The highest BCUT2D eigenvalue weighted by molar-refractivity contribution is 5.36. The zero-order valence-corrected chi connectivity index (χ0v) is 10.4. The van der Waals surface area contributed by atoms with Gasteiger partial charge < -0.3 is 9.84 Å². The van der Waals surface area contributed by atoms with Gasteiger partial charge in [0.05, 0.1) is 7.11 Å². The topological polar surface area (TPSA) is 29.5 Å². The van der Waals surface area contributed by atoms with E-state index in [1.54, 1.807) is 43.5 Å². The number of halogens is 1. The van der Waals surface area contributed by atoms with Crippen LogP contribution in [0.25, 0.3) is 0 Å². The lowest BCUT2D eigenvalue weighted by Crippen LogP contribution is -2.03. The Hall–Kier alpha value is -1.87. The number of hydrogen-bond donors (Lipinski definition) is 1. The molecule has 2 aromatic carbocycles. The Labute approximate surface area is 106 Å². The summed E-state index contributed by atoms with van der Waals surface area (Å²) in [6.07, 6.45) is -0.985. The third-order valence-corrected chi connectivity index (χ3v) is 2.86. The number of ether oxygens (including phenoxy) is 1. The van der Waals surface area contributed by atoms with Crippen molar-refractivity contribution < 1.29 is 14.2 Å². The molecule has 0 aromatic heterocycles. The van der Waals surface area contributed by atoms with Gasteiger partial charge in [0.1, 0.15) is 17.7 Å². The third kappa shape index (κ3) is 2.51. The second-order valence-electron chi connectivity index (χ2n) is 4.20. The lowest BCUT2D eigenvalue weighted by Gasteiger charge is -2.13. The first kappa shape index (κ1) is 12.6. The molecule has 0 aliphatic rings. The van der Waals surface area contributed by atoms with Crippen LogP contribution in [-0.2, 0) is 0 Å². The van der Waals surface area contributed by atoms with Crippen LogP contribution in [-0.4, -0.2) is 12.2 Å². The number of rotatable bonds is 3. The van der Waals surface area contributed by atoms with Crippen LogP contribution in [0.4, 0.5) is 4.39 Å². The first-order valence-corrected chi connectivity index (χ1v) is 5.70. The van der Waals surface area contributed by atoms with Gasteiger partial charge in [0.15, 0.2) is 0 Å². The summed E-state index contributed by atoms with van der Waals surface area (Å²) in [6.45, 7) is 1.81. The van der Waals surface area contributed by atoms with E-state index >= 15 is 0 Å². The summed E-state index contributed by atoms with van der Waals surface area (Å²) < 4.78 is 18.9. The fourth-order valence-electron chi connectivity index (χ4n) is 1.85. The Morgan fingerprint density at radius 1 is 1.17 bits per heavy atom. The van der Waals surface area contributed by atoms with Crippen molar-refractivity contribution in [3.05, 3.63) is 65.0 Å². The molecule has 0 aliphatic carbocycles. The van der Waals surface area contributed by atoms with E-state index in [4.69, 9.17) is 4.74 Å². The second kappa shape index (κ2) is 5.19. The Balaban J connectivity index is 2.37. The van der Waals surface area contributed by atoms with E-state index < -0.39 is 11.9 Å². The molecule has 2 rings (SSSR count). The maximum atomic E-state index is 13.8. The van der Waals surface area contributed by atoms with Crippen molar-refractivity contribution in [1.82, 2.24) is 0 Å². The van der Waals surface area contributed by atoms with Crippen LogP contribution in [0.3, 0.4) is 0 Å². The van der Waals surface area contributed by atoms with Crippen molar-refractivity contribution in [3.63, 3.8) is 0 Å². The molecule has 0 saturated carbocycles. The lowest BCUT2D eigenvalue weighted by atomic mass is 10.00. The molecule has 0 heterocycles. The van der Waals surface area contributed by atoms with Gasteiger partial charge in [-0.15, -0.1) is 0 Å². The standard InChI is InChI=1S/C15H15FO2/c1-10-6-7-13(14(16)8-10)15(17)11-4-3-5-12(9-11)18-2/h3-9,15,17H,1-2H3. The molecular weight excluding hydrogens is 231 g/mol. The van der Waals surface area contributed by atoms with Gasteiger partial charge >= 0.3 is 0 Å². The van der Waals surface area contributed by atoms with E-state index in [-0.39, 0.29) is 5.56 Å². The van der Waals surface area contributed by atoms with E-state index in [0.29, 0.717) is 11.3 Å². The largest absolute Gasteiger partial charge is 0.497 e. The average molecular weight is 246 g/mol. The van der Waals surface area contributed by atoms with Gasteiger partial charge in [0.2, 0.25) is 0 Å². The summed E-state index contributed by atoms with van der Waals surface area (Å²) in [5, 5.41) is 10.2. The van der Waals surface area contributed by atoms with E-state index in [9.17, 15) is 9.50 Å². The average Bonchev–Trinajstić information content (AvgIpc) is 2.38. The zero-order chi connectivity index (χ0) is 13.1. The quantitative estimate of drug-likeness (QED) is 0.901. The summed E-state index contributed by atoms with van der Waals surface area (Å²) in [6, 6.07) is 11.8. The maximum Gasteiger partial charge on any atom is 0.129 e. The summed E-state index contributed by atoms with van der Waals surface area (Å²) in [5.41, 5.74) is 1.71. The third-order valence-electron chi connectivity index (χ3n) is 2.86. The Morgan fingerprint density at radius 2 is 1.94 bits per heavy atom. The van der Waals surface area contributed by atoms with Crippen molar-refractivity contribution in [2.24, 2.45) is 0 Å². The van der Waals surface area contributed by atoms with Crippen molar-refractivity contribution in [2.75, 3.05) is 7.11 Å². The van der Waals surface area contributed by atoms with Crippen LogP contribution >= 0.6 is 0 Å². The highest BCUT2D eigenvalue weighted by Gasteiger charge is 2.15. The van der Waals surface area contributed by atoms with Crippen molar-refractivity contribution in [3.8, 4) is 5.75 Å². The monoisotopic (exact) mass is 246 g/mol. The van der Waals surface area contributed by atoms with Crippen molar-refractivity contribution in [1.29, 1.82) is 0 Å². The molecule has 2 nitrogen and oxygen atoms in total. The Kier molecular flexibility index (Phi) is 3.63. The molecule has 94 valence electrons. The van der Waals surface area contributed by atoms with E-state index in [2.05, 4.69) is 0 Å². The minimum Gasteiger partial charge on any atom is -0.497 e. The van der Waals surface area contributed by atoms with E-state index in [0.717, 1.165) is 5.56 Å². The number of benzene rings is 2. The molecule has 1 atom stereocenters. The van der Waals surface area contributed by atoms with Gasteiger partial charge in [-0.05, 0) is 36.2 Å². The maximum absolute atomic E-state index is 13.8. The summed E-state index contributed by atoms with van der Waals surface area (Å²) >= 11 is 0. The zero-order valence-electron chi connectivity index (χ0n) is 10.4. The minimum absolute atomic E-state index is 0.272. The van der Waals surface area contributed by atoms with Crippen LogP contribution in [0.2, 0.25) is 0 Å². The van der Waals surface area contributed by atoms with Crippen LogP contribution < -0.4 is 4.74 Å². The first-order valence-electron chi connectivity index (χ1n) is 5.70. The molecule has 1 N–H and O–H groups in total. The molecule has 1 unspecified atom stereocenters. The predicted molar refractivity (Wildman–Crippen MR) is 68.2 cm³/mol. The number of aliphatic hydroxyl groups excluding tert-OH is 1. The normalized spacial score (nSPS) is 12.2. The van der Waals surface area contributed by atoms with Crippen LogP contribution in [0.1, 0.15) is 22.8 Å². The molecule has 18 heavy (non-hydrogen) atoms. The Morgan fingerprint density at radius 3 is 2.61 bits per heavy atom. The fourth-order valence-corrected chi connectivity index (χ4v) is 1.85. The molecule has 0 fully saturated rings. The van der Waals surface area contributed by atoms with E-state index in [1.165, 1.54) is 6.07 Å². The predicted octanol–water partition coefficient (Wildman–Crippen LogP) is 3.22. The molecule has 0 saturated heterocycles. The lowest BCUT2D eigenvalue weighted by molar-refractivity contribution is 0.214. The molecule has 3 heteroatoms. The number of hydrogen-bond acceptors (Lipinski definition) is 2. The van der Waals surface area contributed by atoms with Crippen molar-refractivity contribution >= 4 is 0 Å². The van der Waals surface area contributed by atoms with Crippen molar-refractivity contribution in [2.45, 2.75) is 13.0 Å². The number of aliphatic hydroxyl groups is 1. The molecule has 0 spiro atoms. The summed E-state index contributed by atoms with van der Waals surface area (Å²) in [4.78, 5) is 0. The molecule has 2 aromatic rings. The summed E-state index contributed by atoms with van der Waals surface area (Å²) in [5.74, 6) is 0.240. The Bertz CT molecular complexity index is 552. The SMILES string of the molecule is COc1cccc(C(O)c2ccc(C)cc2F)c1. The smallest absolute Gasteiger partial charge is 0.129 e. The molecule has 0 amide bonds. The number of aryl methyl sites for hydroxylation is 1. The van der Waals surface area contributed by atoms with Gasteiger partial charge in [-0.3, -0.25) is 0 Å². The fraction of sp³-hybridized carbons (Fsp3) is 0.200. The van der Waals surface area contributed by atoms with Gasteiger partial charge in [0.25, 0.3) is 0 Å². The van der Waals surface area contributed by atoms with Gasteiger partial charge in [-0.25, -0.2) is 4.39 Å². The molecular formula is C15H15FO2. The molecule has 0 aliphatic heterocycles. The first-order chi connectivity index (χ1) is 8.61. The van der Waals surface area contributed by atoms with E-state index in [1.807, 2.05) is 6.92 Å². The highest BCUT2D eigenvalue weighted by atomic mass is 19.1. The van der Waals surface area contributed by atoms with Gasteiger partial charge in [0, 0.05) is 5.56 Å². The molecule has 0 bridgehead atoms. The van der Waals surface area contributed by atoms with Crippen LogP contribution in [0.15, 0.2) is 42.5 Å².